The summed E-state index contributed by atoms with van der Waals surface area (Å²) in [7, 11) is -1.52. The molecule has 0 fully saturated rings. The van der Waals surface area contributed by atoms with Crippen LogP contribution in [0.5, 0.6) is 0 Å². The van der Waals surface area contributed by atoms with Crippen LogP contribution in [0.25, 0.3) is 0 Å². The third-order valence-corrected chi connectivity index (χ3v) is 5.63. The molecule has 0 amide bonds. The summed E-state index contributed by atoms with van der Waals surface area (Å²) in [6.07, 6.45) is 9.65. The zero-order valence-corrected chi connectivity index (χ0v) is 17.3. The molecule has 28 heavy (non-hydrogen) atoms. The topological polar surface area (TPSA) is 97.6 Å². The molecule has 1 unspecified atom stereocenters. The number of hydrogen-bond acceptors (Lipinski definition) is 8. The highest BCUT2D eigenvalue weighted by Gasteiger charge is 2.52. The molecular weight excluding hydrogens is 382 g/mol. The van der Waals surface area contributed by atoms with Gasteiger partial charge in [0.05, 0.1) is 29.4 Å². The van der Waals surface area contributed by atoms with Crippen molar-refractivity contribution in [2.75, 3.05) is 38.9 Å². The molecule has 1 atom stereocenters. The molecule has 3 aliphatic rings. The second-order valence-electron chi connectivity index (χ2n) is 7.65. The molecule has 0 saturated carbocycles. The molecule has 0 N–H and O–H groups in total. The number of allylic oxidation sites excluding steroid dienone is 3. The van der Waals surface area contributed by atoms with Gasteiger partial charge in [-0.25, -0.2) is 13.4 Å². The summed E-state index contributed by atoms with van der Waals surface area (Å²) in [5.41, 5.74) is -0.264. The van der Waals surface area contributed by atoms with Crippen LogP contribution in [0.1, 0.15) is 13.8 Å². The fourth-order valence-electron chi connectivity index (χ4n) is 3.51. The third kappa shape index (κ3) is 4.01. The Balaban J connectivity index is 1.91. The first-order valence-electron chi connectivity index (χ1n) is 8.93. The average Bonchev–Trinajstić information content (AvgIpc) is 2.84. The molecule has 9 heteroatoms. The van der Waals surface area contributed by atoms with E-state index in [1.807, 2.05) is 30.9 Å². The maximum absolute atomic E-state index is 12.1. The van der Waals surface area contributed by atoms with E-state index < -0.39 is 21.0 Å². The van der Waals surface area contributed by atoms with E-state index in [0.717, 1.165) is 0 Å². The van der Waals surface area contributed by atoms with E-state index in [1.165, 1.54) is 18.4 Å². The monoisotopic (exact) mass is 407 g/mol. The number of amidine groups is 1. The Bertz CT molecular complexity index is 927. The smallest absolute Gasteiger partial charge is 0.182 e. The summed E-state index contributed by atoms with van der Waals surface area (Å²) in [6.45, 7) is 4.55. The largest absolute Gasteiger partial charge is 0.377 e. The molecule has 2 aliphatic heterocycles. The minimum Gasteiger partial charge on any atom is -0.377 e. The molecule has 152 valence electrons. The number of nitrogens with zero attached hydrogens (tertiary/aromatic N) is 3. The molecule has 0 aromatic heterocycles. The third-order valence-electron chi connectivity index (χ3n) is 4.72. The van der Waals surface area contributed by atoms with Crippen molar-refractivity contribution in [3.63, 3.8) is 0 Å². The molecule has 2 heterocycles. The van der Waals surface area contributed by atoms with Gasteiger partial charge in [0.2, 0.25) is 0 Å². The van der Waals surface area contributed by atoms with Gasteiger partial charge in [0.1, 0.15) is 27.8 Å². The van der Waals surface area contributed by atoms with Gasteiger partial charge in [-0.05, 0) is 26.0 Å². The normalized spacial score (nSPS) is 23.9. The van der Waals surface area contributed by atoms with Crippen LogP contribution >= 0.6 is 0 Å². The van der Waals surface area contributed by atoms with Crippen molar-refractivity contribution in [1.82, 2.24) is 4.90 Å². The molecule has 0 radical (unpaired) electrons. The van der Waals surface area contributed by atoms with E-state index in [2.05, 4.69) is 9.98 Å². The van der Waals surface area contributed by atoms with Crippen molar-refractivity contribution in [3.05, 3.63) is 35.7 Å². The highest BCUT2D eigenvalue weighted by molar-refractivity contribution is 7.90. The summed E-state index contributed by atoms with van der Waals surface area (Å²) in [6, 6.07) is 0. The number of aliphatic imine (C=N–C) groups is 2. The van der Waals surface area contributed by atoms with Gasteiger partial charge in [-0.2, -0.15) is 0 Å². The van der Waals surface area contributed by atoms with Gasteiger partial charge in [-0.15, -0.1) is 0 Å². The van der Waals surface area contributed by atoms with Crippen LogP contribution in [0.4, 0.5) is 0 Å². The highest BCUT2D eigenvalue weighted by atomic mass is 32.2. The molecule has 0 aromatic rings. The first-order chi connectivity index (χ1) is 13.1. The van der Waals surface area contributed by atoms with Gasteiger partial charge in [-0.3, -0.25) is 9.79 Å². The summed E-state index contributed by atoms with van der Waals surface area (Å²) < 4.78 is 34.0. The van der Waals surface area contributed by atoms with Gasteiger partial charge in [0, 0.05) is 38.3 Å². The molecule has 0 saturated heterocycles. The Kier molecular flexibility index (Phi) is 5.44. The van der Waals surface area contributed by atoms with Crippen LogP contribution in [0, 0.1) is 0 Å². The van der Waals surface area contributed by atoms with E-state index in [4.69, 9.17) is 9.47 Å². The van der Waals surface area contributed by atoms with Gasteiger partial charge < -0.3 is 14.4 Å². The van der Waals surface area contributed by atoms with Crippen LogP contribution in [0.3, 0.4) is 0 Å². The second-order valence-corrected chi connectivity index (χ2v) is 9.91. The summed E-state index contributed by atoms with van der Waals surface area (Å²) >= 11 is 0. The Labute approximate surface area is 165 Å². The number of sulfone groups is 1. The SMILES string of the molecule is COCC1=NC2=CC(=O)C=C3N=CC=CC32N1CC(C)(C)OCCS(C)(=O)=O. The fourth-order valence-corrected chi connectivity index (χ4v) is 3.90. The lowest BCUT2D eigenvalue weighted by atomic mass is 9.83. The molecular formula is C19H25N3O5S. The Hall–Kier alpha value is -2.10. The molecule has 0 aromatic carbocycles. The number of methoxy groups -OCH3 is 1. The van der Waals surface area contributed by atoms with Crippen molar-refractivity contribution in [2.24, 2.45) is 9.98 Å². The predicted molar refractivity (Wildman–Crippen MR) is 107 cm³/mol. The number of rotatable bonds is 8. The molecule has 0 bridgehead atoms. The zero-order valence-electron chi connectivity index (χ0n) is 16.5. The quantitative estimate of drug-likeness (QED) is 0.593. The van der Waals surface area contributed by atoms with E-state index in [0.29, 0.717) is 23.8 Å². The van der Waals surface area contributed by atoms with E-state index in [-0.39, 0.29) is 24.7 Å². The number of ketones is 1. The maximum atomic E-state index is 12.1. The van der Waals surface area contributed by atoms with Crippen LogP contribution in [-0.4, -0.2) is 81.2 Å². The lowest BCUT2D eigenvalue weighted by Gasteiger charge is -2.44. The zero-order chi connectivity index (χ0) is 20.6. The first-order valence-corrected chi connectivity index (χ1v) is 11.0. The van der Waals surface area contributed by atoms with Crippen molar-refractivity contribution in [3.8, 4) is 0 Å². The van der Waals surface area contributed by atoms with Crippen LogP contribution < -0.4 is 0 Å². The summed E-state index contributed by atoms with van der Waals surface area (Å²) in [5, 5.41) is 0. The highest BCUT2D eigenvalue weighted by Crippen LogP contribution is 2.44. The fraction of sp³-hybridized carbons (Fsp3) is 0.526. The Morgan fingerprint density at radius 3 is 2.64 bits per heavy atom. The number of carbonyl (C=O) groups excluding carboxylic acids is 1. The van der Waals surface area contributed by atoms with Crippen LogP contribution in [-0.2, 0) is 24.1 Å². The van der Waals surface area contributed by atoms with Gasteiger partial charge in [0.15, 0.2) is 5.78 Å². The first kappa shape index (κ1) is 20.6. The van der Waals surface area contributed by atoms with E-state index in [9.17, 15) is 13.2 Å². The number of hydrogen-bond donors (Lipinski definition) is 0. The standard InChI is InChI=1S/C19H25N3O5S/c1-18(2,27-8-9-28(4,24)25)13-22-17(12-26-3)21-16-11-14(23)10-15-19(16,22)6-5-7-20-15/h5-7,10-11H,8-9,12-13H2,1-4H3. The number of carbonyl (C=O) groups is 1. The van der Waals surface area contributed by atoms with E-state index >= 15 is 0 Å². The lowest BCUT2D eigenvalue weighted by Crippen LogP contribution is -2.56. The second kappa shape index (κ2) is 7.38. The molecule has 1 aliphatic carbocycles. The van der Waals surface area contributed by atoms with Gasteiger partial charge in [0.25, 0.3) is 0 Å². The molecule has 8 nitrogen and oxygen atoms in total. The minimum atomic E-state index is -3.11. The number of ether oxygens (including phenoxy) is 2. The number of dihydropyridines is 1. The van der Waals surface area contributed by atoms with Crippen molar-refractivity contribution in [2.45, 2.75) is 25.0 Å². The Morgan fingerprint density at radius 1 is 1.25 bits per heavy atom. The molecule has 1 spiro atoms. The van der Waals surface area contributed by atoms with Gasteiger partial charge >= 0.3 is 0 Å². The lowest BCUT2D eigenvalue weighted by molar-refractivity contribution is -0.110. The predicted octanol–water partition coefficient (Wildman–Crippen LogP) is 0.917. The van der Waals surface area contributed by atoms with Crippen LogP contribution in [0.2, 0.25) is 0 Å². The van der Waals surface area contributed by atoms with Crippen molar-refractivity contribution < 1.29 is 22.7 Å². The van der Waals surface area contributed by atoms with E-state index in [1.54, 1.807) is 13.3 Å². The molecule has 3 rings (SSSR count). The summed E-state index contributed by atoms with van der Waals surface area (Å²) in [4.78, 5) is 23.2. The summed E-state index contributed by atoms with van der Waals surface area (Å²) in [5.74, 6) is 0.463. The van der Waals surface area contributed by atoms with Crippen LogP contribution in [0.15, 0.2) is 45.7 Å². The maximum Gasteiger partial charge on any atom is 0.182 e. The van der Waals surface area contributed by atoms with Gasteiger partial charge in [-0.1, -0.05) is 0 Å². The Morgan fingerprint density at radius 2 is 1.96 bits per heavy atom. The van der Waals surface area contributed by atoms with Crippen molar-refractivity contribution >= 4 is 27.7 Å². The average molecular weight is 407 g/mol. The van der Waals surface area contributed by atoms with Crippen molar-refractivity contribution in [1.29, 1.82) is 0 Å². The minimum absolute atomic E-state index is 0.0460.